The third-order valence-corrected chi connectivity index (χ3v) is 5.52. The number of ether oxygens (including phenoxy) is 1. The van der Waals surface area contributed by atoms with Gasteiger partial charge in [-0.3, -0.25) is 14.4 Å². The van der Waals surface area contributed by atoms with Crippen LogP contribution in [-0.4, -0.2) is 47.0 Å². The highest BCUT2D eigenvalue weighted by Crippen LogP contribution is 2.27. The smallest absolute Gasteiger partial charge is 0.262 e. The average Bonchev–Trinajstić information content (AvgIpc) is 3.51. The monoisotopic (exact) mass is 461 g/mol. The van der Waals surface area contributed by atoms with Gasteiger partial charge in [-0.05, 0) is 42.8 Å². The van der Waals surface area contributed by atoms with Crippen LogP contribution < -0.4 is 20.3 Å². The number of benzene rings is 2. The van der Waals surface area contributed by atoms with Gasteiger partial charge in [-0.15, -0.1) is 0 Å². The molecule has 0 unspecified atom stereocenters. The maximum atomic E-state index is 12.5. The lowest BCUT2D eigenvalue weighted by atomic mass is 10.1. The van der Waals surface area contributed by atoms with Crippen molar-refractivity contribution in [1.29, 1.82) is 0 Å². The molecule has 9 nitrogen and oxygen atoms in total. The molecule has 1 fully saturated rings. The maximum Gasteiger partial charge on any atom is 0.262 e. The Hall–Kier alpha value is -4.14. The summed E-state index contributed by atoms with van der Waals surface area (Å²) in [5, 5.41) is 5.68. The highest BCUT2D eigenvalue weighted by molar-refractivity contribution is 6.00. The van der Waals surface area contributed by atoms with Gasteiger partial charge in [-0.1, -0.05) is 18.2 Å². The molecule has 1 aliphatic heterocycles. The normalized spacial score (nSPS) is 15.2. The third kappa shape index (κ3) is 6.22. The molecule has 1 saturated heterocycles. The molecule has 3 aromatic rings. The standard InChI is InChI=1S/C25H27N5O4/c31-23(28-20-5-2-1-3-6-20)17-34-22-9-7-21(8-10-22)30-16-19(15-24(30)32)25(33)27-11-4-13-29-14-12-26-18-29/h1-3,5-10,12,14,18-19H,4,11,13,15-17H2,(H,27,33)(H,28,31)/t19-/m0/s1. The fraction of sp³-hybridized carbons (Fsp3) is 0.280. The summed E-state index contributed by atoms with van der Waals surface area (Å²) < 4.78 is 7.49. The second kappa shape index (κ2) is 11.1. The van der Waals surface area contributed by atoms with Crippen molar-refractivity contribution < 1.29 is 19.1 Å². The average molecular weight is 462 g/mol. The van der Waals surface area contributed by atoms with Gasteiger partial charge in [0, 0.05) is 49.8 Å². The molecule has 0 spiro atoms. The zero-order chi connectivity index (χ0) is 23.8. The number of hydrogen-bond acceptors (Lipinski definition) is 5. The lowest BCUT2D eigenvalue weighted by molar-refractivity contribution is -0.126. The number of carbonyl (C=O) groups is 3. The van der Waals surface area contributed by atoms with Gasteiger partial charge in [0.2, 0.25) is 11.8 Å². The number of rotatable bonds is 10. The molecule has 34 heavy (non-hydrogen) atoms. The Morgan fingerprint density at radius 2 is 1.88 bits per heavy atom. The summed E-state index contributed by atoms with van der Waals surface area (Å²) in [5.41, 5.74) is 1.40. The summed E-state index contributed by atoms with van der Waals surface area (Å²) in [6.45, 7) is 1.54. The fourth-order valence-electron chi connectivity index (χ4n) is 3.76. The number of anilines is 2. The quantitative estimate of drug-likeness (QED) is 0.451. The van der Waals surface area contributed by atoms with E-state index in [-0.39, 0.29) is 36.7 Å². The Morgan fingerprint density at radius 3 is 2.62 bits per heavy atom. The highest BCUT2D eigenvalue weighted by Gasteiger charge is 2.34. The minimum atomic E-state index is -0.377. The molecule has 0 radical (unpaired) electrons. The van der Waals surface area contributed by atoms with Crippen LogP contribution in [0.15, 0.2) is 73.3 Å². The van der Waals surface area contributed by atoms with E-state index < -0.39 is 0 Å². The van der Waals surface area contributed by atoms with Gasteiger partial charge < -0.3 is 24.8 Å². The number of amides is 3. The van der Waals surface area contributed by atoms with Gasteiger partial charge >= 0.3 is 0 Å². The van der Waals surface area contributed by atoms with Crippen molar-refractivity contribution in [2.45, 2.75) is 19.4 Å². The summed E-state index contributed by atoms with van der Waals surface area (Å²) in [5.74, 6) is -0.312. The summed E-state index contributed by atoms with van der Waals surface area (Å²) in [6, 6.07) is 16.1. The number of hydrogen-bond donors (Lipinski definition) is 2. The van der Waals surface area contributed by atoms with E-state index in [0.29, 0.717) is 30.2 Å². The van der Waals surface area contributed by atoms with Crippen molar-refractivity contribution in [2.75, 3.05) is 29.9 Å². The van der Waals surface area contributed by atoms with Gasteiger partial charge in [-0.25, -0.2) is 4.98 Å². The van der Waals surface area contributed by atoms with Crippen LogP contribution >= 0.6 is 0 Å². The predicted molar refractivity (Wildman–Crippen MR) is 127 cm³/mol. The number of carbonyl (C=O) groups excluding carboxylic acids is 3. The molecule has 176 valence electrons. The zero-order valence-corrected chi connectivity index (χ0v) is 18.7. The Bertz CT molecular complexity index is 1100. The minimum Gasteiger partial charge on any atom is -0.484 e. The topological polar surface area (TPSA) is 106 Å². The molecule has 0 saturated carbocycles. The van der Waals surface area contributed by atoms with E-state index in [9.17, 15) is 14.4 Å². The number of para-hydroxylation sites is 1. The number of aryl methyl sites for hydroxylation is 1. The molecule has 4 rings (SSSR count). The van der Waals surface area contributed by atoms with Crippen LogP contribution in [0.25, 0.3) is 0 Å². The first kappa shape index (κ1) is 23.0. The molecular weight excluding hydrogens is 434 g/mol. The van der Waals surface area contributed by atoms with E-state index in [4.69, 9.17) is 4.74 Å². The Balaban J connectivity index is 1.21. The second-order valence-corrected chi connectivity index (χ2v) is 8.05. The summed E-state index contributed by atoms with van der Waals surface area (Å²) in [7, 11) is 0. The third-order valence-electron chi connectivity index (χ3n) is 5.52. The minimum absolute atomic E-state index is 0.0885. The molecule has 1 aromatic heterocycles. The van der Waals surface area contributed by atoms with E-state index >= 15 is 0 Å². The number of aromatic nitrogens is 2. The van der Waals surface area contributed by atoms with Gasteiger partial charge in [0.05, 0.1) is 12.2 Å². The fourth-order valence-corrected chi connectivity index (χ4v) is 3.76. The Morgan fingerprint density at radius 1 is 1.09 bits per heavy atom. The molecule has 2 heterocycles. The van der Waals surface area contributed by atoms with Crippen LogP contribution in [-0.2, 0) is 20.9 Å². The molecule has 2 N–H and O–H groups in total. The highest BCUT2D eigenvalue weighted by atomic mass is 16.5. The largest absolute Gasteiger partial charge is 0.484 e. The molecular formula is C25H27N5O4. The van der Waals surface area contributed by atoms with Gasteiger partial charge in [-0.2, -0.15) is 0 Å². The van der Waals surface area contributed by atoms with E-state index in [1.165, 1.54) is 0 Å². The first-order valence-corrected chi connectivity index (χ1v) is 11.2. The lowest BCUT2D eigenvalue weighted by Gasteiger charge is -2.17. The van der Waals surface area contributed by atoms with Gasteiger partial charge in [0.15, 0.2) is 6.61 Å². The molecule has 0 aliphatic carbocycles. The Labute approximate surface area is 197 Å². The van der Waals surface area contributed by atoms with Crippen molar-refractivity contribution in [1.82, 2.24) is 14.9 Å². The molecule has 9 heteroatoms. The first-order chi connectivity index (χ1) is 16.6. The van der Waals surface area contributed by atoms with E-state index in [1.54, 1.807) is 53.8 Å². The second-order valence-electron chi connectivity index (χ2n) is 8.05. The van der Waals surface area contributed by atoms with Crippen molar-refractivity contribution in [3.8, 4) is 5.75 Å². The first-order valence-electron chi connectivity index (χ1n) is 11.2. The predicted octanol–water partition coefficient (Wildman–Crippen LogP) is 2.46. The maximum absolute atomic E-state index is 12.5. The molecule has 0 bridgehead atoms. The summed E-state index contributed by atoms with van der Waals surface area (Å²) in [6.07, 6.45) is 6.32. The van der Waals surface area contributed by atoms with Crippen LogP contribution in [0.2, 0.25) is 0 Å². The number of nitrogens with zero attached hydrogens (tertiary/aromatic N) is 3. The van der Waals surface area contributed by atoms with Crippen LogP contribution in [0.5, 0.6) is 5.75 Å². The van der Waals surface area contributed by atoms with Gasteiger partial charge in [0.1, 0.15) is 5.75 Å². The van der Waals surface area contributed by atoms with Gasteiger partial charge in [0.25, 0.3) is 5.91 Å². The lowest BCUT2D eigenvalue weighted by Crippen LogP contribution is -2.33. The molecule has 2 aromatic carbocycles. The van der Waals surface area contributed by atoms with Crippen molar-refractivity contribution in [2.24, 2.45) is 5.92 Å². The van der Waals surface area contributed by atoms with Crippen molar-refractivity contribution >= 4 is 29.1 Å². The van der Waals surface area contributed by atoms with Crippen molar-refractivity contribution in [3.05, 3.63) is 73.3 Å². The summed E-state index contributed by atoms with van der Waals surface area (Å²) >= 11 is 0. The van der Waals surface area contributed by atoms with Crippen LogP contribution in [0.1, 0.15) is 12.8 Å². The zero-order valence-electron chi connectivity index (χ0n) is 18.7. The van der Waals surface area contributed by atoms with Crippen LogP contribution in [0, 0.1) is 5.92 Å². The van der Waals surface area contributed by atoms with E-state index in [2.05, 4.69) is 15.6 Å². The van der Waals surface area contributed by atoms with Crippen molar-refractivity contribution in [3.63, 3.8) is 0 Å². The molecule has 3 amide bonds. The number of imidazole rings is 1. The molecule has 1 atom stereocenters. The summed E-state index contributed by atoms with van der Waals surface area (Å²) in [4.78, 5) is 42.6. The van der Waals surface area contributed by atoms with Crippen LogP contribution in [0.3, 0.4) is 0 Å². The van der Waals surface area contributed by atoms with E-state index in [0.717, 1.165) is 13.0 Å². The molecule has 1 aliphatic rings. The number of nitrogens with one attached hydrogen (secondary N) is 2. The Kier molecular flexibility index (Phi) is 7.54. The SMILES string of the molecule is O=C(COc1ccc(N2C[C@@H](C(=O)NCCCn3ccnc3)CC2=O)cc1)Nc1ccccc1. The van der Waals surface area contributed by atoms with E-state index in [1.807, 2.05) is 29.0 Å². The van der Waals surface area contributed by atoms with Crippen LogP contribution in [0.4, 0.5) is 11.4 Å².